The first-order chi connectivity index (χ1) is 13.6. The van der Waals surface area contributed by atoms with Crippen LogP contribution in [0.1, 0.15) is 56.3 Å². The Hall–Kier alpha value is -2.37. The number of rotatable bonds is 7. The van der Waals surface area contributed by atoms with Crippen LogP contribution in [0.15, 0.2) is 30.6 Å². The molecule has 1 spiro atoms. The predicted octanol–water partition coefficient (Wildman–Crippen LogP) is 3.43. The second-order valence-electron chi connectivity index (χ2n) is 8.28. The number of likely N-dealkylation sites (tertiary alicyclic amines) is 1. The van der Waals surface area contributed by atoms with Crippen molar-refractivity contribution in [2.45, 2.75) is 57.9 Å². The molecule has 6 nitrogen and oxygen atoms in total. The maximum atomic E-state index is 13.0. The molecule has 1 saturated heterocycles. The molecule has 1 saturated carbocycles. The summed E-state index contributed by atoms with van der Waals surface area (Å²) < 4.78 is 7.48. The molecule has 6 heteroatoms. The standard InChI is InChI=1S/C22H30N4O2/c1-3-12-25-16-23-24-21(25)19-14-26(15-22(19)10-5-11-22)20(27)9-8-17-6-4-7-18(13-17)28-2/h4,6-7,13,16,19H,3,5,8-12,14-15H2,1-2H3. The monoisotopic (exact) mass is 382 g/mol. The maximum absolute atomic E-state index is 13.0. The highest BCUT2D eigenvalue weighted by atomic mass is 16.5. The average molecular weight is 383 g/mol. The number of ether oxygens (including phenoxy) is 1. The topological polar surface area (TPSA) is 60.2 Å². The molecule has 0 N–H and O–H groups in total. The molecule has 2 aliphatic rings. The van der Waals surface area contributed by atoms with Gasteiger partial charge >= 0.3 is 0 Å². The van der Waals surface area contributed by atoms with Crippen molar-refractivity contribution in [3.8, 4) is 5.75 Å². The van der Waals surface area contributed by atoms with Crippen molar-refractivity contribution in [2.24, 2.45) is 5.41 Å². The van der Waals surface area contributed by atoms with E-state index in [1.807, 2.05) is 24.5 Å². The van der Waals surface area contributed by atoms with Crippen LogP contribution in [0.5, 0.6) is 5.75 Å². The van der Waals surface area contributed by atoms with Crippen LogP contribution in [0.2, 0.25) is 0 Å². The van der Waals surface area contributed by atoms with Crippen LogP contribution in [0.3, 0.4) is 0 Å². The maximum Gasteiger partial charge on any atom is 0.222 e. The number of nitrogens with zero attached hydrogens (tertiary/aromatic N) is 4. The van der Waals surface area contributed by atoms with Crippen molar-refractivity contribution < 1.29 is 9.53 Å². The van der Waals surface area contributed by atoms with Gasteiger partial charge in [-0.15, -0.1) is 10.2 Å². The summed E-state index contributed by atoms with van der Waals surface area (Å²) in [6, 6.07) is 7.99. The molecular formula is C22H30N4O2. The molecule has 0 radical (unpaired) electrons. The second-order valence-corrected chi connectivity index (χ2v) is 8.28. The fraction of sp³-hybridized carbons (Fsp3) is 0.591. The van der Waals surface area contributed by atoms with Gasteiger partial charge in [-0.1, -0.05) is 25.5 Å². The van der Waals surface area contributed by atoms with Crippen molar-refractivity contribution in [1.82, 2.24) is 19.7 Å². The molecule has 4 rings (SSSR count). The first-order valence-electron chi connectivity index (χ1n) is 10.4. The van der Waals surface area contributed by atoms with E-state index in [9.17, 15) is 4.79 Å². The normalized spacial score (nSPS) is 20.4. The van der Waals surface area contributed by atoms with Crippen LogP contribution in [0.4, 0.5) is 0 Å². The van der Waals surface area contributed by atoms with Gasteiger partial charge in [0.05, 0.1) is 7.11 Å². The lowest BCUT2D eigenvalue weighted by Gasteiger charge is -2.42. The van der Waals surface area contributed by atoms with Crippen LogP contribution in [0, 0.1) is 5.41 Å². The molecule has 150 valence electrons. The van der Waals surface area contributed by atoms with Gasteiger partial charge in [0.25, 0.3) is 0 Å². The van der Waals surface area contributed by atoms with E-state index in [1.165, 1.54) is 19.3 Å². The molecular weight excluding hydrogens is 352 g/mol. The Morgan fingerprint density at radius 1 is 1.36 bits per heavy atom. The molecule has 1 aromatic carbocycles. The summed E-state index contributed by atoms with van der Waals surface area (Å²) in [7, 11) is 1.67. The summed E-state index contributed by atoms with van der Waals surface area (Å²) in [5.74, 6) is 2.48. The van der Waals surface area contributed by atoms with Gasteiger partial charge in [0, 0.05) is 32.0 Å². The van der Waals surface area contributed by atoms with Crippen LogP contribution < -0.4 is 4.74 Å². The van der Waals surface area contributed by atoms with Crippen LogP contribution in [-0.4, -0.2) is 45.8 Å². The zero-order valence-corrected chi connectivity index (χ0v) is 16.9. The van der Waals surface area contributed by atoms with Gasteiger partial charge in [0.2, 0.25) is 5.91 Å². The summed E-state index contributed by atoms with van der Waals surface area (Å²) in [6.45, 7) is 4.76. The van der Waals surface area contributed by atoms with Gasteiger partial charge in [-0.2, -0.15) is 0 Å². The first-order valence-corrected chi connectivity index (χ1v) is 10.4. The predicted molar refractivity (Wildman–Crippen MR) is 107 cm³/mol. The van der Waals surface area contributed by atoms with Crippen molar-refractivity contribution in [3.63, 3.8) is 0 Å². The first kappa shape index (κ1) is 19.0. The Bertz CT molecular complexity index is 827. The smallest absolute Gasteiger partial charge is 0.222 e. The largest absolute Gasteiger partial charge is 0.497 e. The lowest BCUT2D eigenvalue weighted by Crippen LogP contribution is -2.38. The van der Waals surface area contributed by atoms with Crippen molar-refractivity contribution >= 4 is 5.91 Å². The molecule has 1 amide bonds. The molecule has 2 aromatic rings. The van der Waals surface area contributed by atoms with E-state index in [1.54, 1.807) is 7.11 Å². The number of aryl methyl sites for hydroxylation is 2. The van der Waals surface area contributed by atoms with Gasteiger partial charge in [-0.05, 0) is 48.8 Å². The fourth-order valence-corrected chi connectivity index (χ4v) is 4.84. The third kappa shape index (κ3) is 3.52. The molecule has 1 unspecified atom stereocenters. The Morgan fingerprint density at radius 3 is 2.93 bits per heavy atom. The number of aromatic nitrogens is 3. The van der Waals surface area contributed by atoms with E-state index in [-0.39, 0.29) is 11.3 Å². The summed E-state index contributed by atoms with van der Waals surface area (Å²) in [6.07, 6.45) is 7.83. The lowest BCUT2D eigenvalue weighted by atomic mass is 9.62. The van der Waals surface area contributed by atoms with Gasteiger partial charge < -0.3 is 14.2 Å². The summed E-state index contributed by atoms with van der Waals surface area (Å²) in [4.78, 5) is 15.1. The minimum absolute atomic E-state index is 0.212. The van der Waals surface area contributed by atoms with E-state index in [0.29, 0.717) is 12.3 Å². The van der Waals surface area contributed by atoms with Crippen LogP contribution >= 0.6 is 0 Å². The Morgan fingerprint density at radius 2 is 2.21 bits per heavy atom. The van der Waals surface area contributed by atoms with Gasteiger partial charge in [0.15, 0.2) is 0 Å². The third-order valence-corrected chi connectivity index (χ3v) is 6.53. The molecule has 1 aliphatic carbocycles. The highest BCUT2D eigenvalue weighted by Gasteiger charge is 2.53. The minimum atomic E-state index is 0.212. The van der Waals surface area contributed by atoms with Gasteiger partial charge in [-0.3, -0.25) is 4.79 Å². The highest BCUT2D eigenvalue weighted by molar-refractivity contribution is 5.77. The SMILES string of the molecule is CCCn1cnnc1C1CN(C(=O)CCc2cccc(OC)c2)CC12CCC2. The lowest BCUT2D eigenvalue weighted by molar-refractivity contribution is -0.130. The molecule has 0 bridgehead atoms. The Kier molecular flexibility index (Phi) is 5.38. The fourth-order valence-electron chi connectivity index (χ4n) is 4.84. The number of benzene rings is 1. The summed E-state index contributed by atoms with van der Waals surface area (Å²) in [5, 5.41) is 8.63. The Balaban J connectivity index is 1.44. The molecule has 1 atom stereocenters. The zero-order chi connectivity index (χ0) is 19.6. The molecule has 1 aliphatic heterocycles. The summed E-state index contributed by atoms with van der Waals surface area (Å²) >= 11 is 0. The van der Waals surface area contributed by atoms with E-state index in [0.717, 1.165) is 49.6 Å². The Labute approximate surface area is 166 Å². The molecule has 1 aromatic heterocycles. The van der Waals surface area contributed by atoms with Crippen molar-refractivity contribution in [1.29, 1.82) is 0 Å². The minimum Gasteiger partial charge on any atom is -0.497 e. The molecule has 2 fully saturated rings. The van der Waals surface area contributed by atoms with E-state index in [2.05, 4.69) is 32.7 Å². The summed E-state index contributed by atoms with van der Waals surface area (Å²) in [5.41, 5.74) is 1.36. The van der Waals surface area contributed by atoms with E-state index < -0.39 is 0 Å². The molecule has 28 heavy (non-hydrogen) atoms. The number of methoxy groups -OCH3 is 1. The second kappa shape index (κ2) is 7.94. The van der Waals surface area contributed by atoms with E-state index >= 15 is 0 Å². The van der Waals surface area contributed by atoms with Gasteiger partial charge in [0.1, 0.15) is 17.9 Å². The van der Waals surface area contributed by atoms with Crippen LogP contribution in [-0.2, 0) is 17.8 Å². The average Bonchev–Trinajstić information content (AvgIpc) is 3.30. The number of hydrogen-bond acceptors (Lipinski definition) is 4. The van der Waals surface area contributed by atoms with Crippen molar-refractivity contribution in [3.05, 3.63) is 42.0 Å². The number of carbonyl (C=O) groups excluding carboxylic acids is 1. The molecule has 2 heterocycles. The quantitative estimate of drug-likeness (QED) is 0.736. The number of hydrogen-bond donors (Lipinski definition) is 0. The third-order valence-electron chi connectivity index (χ3n) is 6.53. The zero-order valence-electron chi connectivity index (χ0n) is 16.9. The van der Waals surface area contributed by atoms with Crippen molar-refractivity contribution in [2.75, 3.05) is 20.2 Å². The van der Waals surface area contributed by atoms with Gasteiger partial charge in [-0.25, -0.2) is 0 Å². The number of carbonyl (C=O) groups is 1. The van der Waals surface area contributed by atoms with Crippen LogP contribution in [0.25, 0.3) is 0 Å². The number of amides is 1. The highest BCUT2D eigenvalue weighted by Crippen LogP contribution is 2.55. The van der Waals surface area contributed by atoms with E-state index in [4.69, 9.17) is 4.74 Å².